The third-order valence-corrected chi connectivity index (χ3v) is 15.8. The van der Waals surface area contributed by atoms with E-state index in [1.165, 1.54) is 42.9 Å². The molecule has 0 spiro atoms. The number of benzene rings is 3. The Morgan fingerprint density at radius 2 is 1.55 bits per heavy atom. The topological polar surface area (TPSA) is 220 Å². The van der Waals surface area contributed by atoms with E-state index < -0.39 is 50.2 Å². The number of nitrogen functional groups attached to an aromatic ring is 1. The van der Waals surface area contributed by atoms with E-state index in [2.05, 4.69) is 15.1 Å². The number of carbonyl (C=O) groups excluding carboxylic acids is 5. The van der Waals surface area contributed by atoms with Gasteiger partial charge >= 0.3 is 20.0 Å². The van der Waals surface area contributed by atoms with E-state index in [9.17, 15) is 24.0 Å². The fraction of sp³-hybridized carbons (Fsp3) is 0.417. The SMILES string of the molecule is [B]OC(=O)[C@@]1(SC2CN(C(=O)C(=NC)c3ccc(OCc4ccc(OC)cc4)c(OCc4ccc(OC)cc4)c3Cl)C2)CN2C(=O)[C@@H](CC(=O)/C(=N\OC(C)(C)C(=O)OC(C)(C)C)c3csc(N)n3)C2S1. The summed E-state index contributed by atoms with van der Waals surface area (Å²) in [4.78, 5) is 85.5. The molecule has 1 aromatic heterocycles. The number of aromatic nitrogens is 1. The van der Waals surface area contributed by atoms with E-state index in [1.807, 2.05) is 48.5 Å². The average molecular weight is 1050 g/mol. The van der Waals surface area contributed by atoms with Crippen molar-refractivity contribution in [2.24, 2.45) is 16.1 Å². The summed E-state index contributed by atoms with van der Waals surface area (Å²) in [5, 5.41) is 4.95. The van der Waals surface area contributed by atoms with Gasteiger partial charge in [0.25, 0.3) is 5.91 Å². The van der Waals surface area contributed by atoms with Crippen LogP contribution in [0.15, 0.2) is 76.2 Å². The van der Waals surface area contributed by atoms with Crippen molar-refractivity contribution < 1.29 is 57.1 Å². The molecule has 1 unspecified atom stereocenters. The fourth-order valence-corrected chi connectivity index (χ4v) is 12.2. The molecule has 3 aliphatic heterocycles. The number of hydrogen-bond donors (Lipinski definition) is 1. The van der Waals surface area contributed by atoms with E-state index in [1.54, 1.807) is 52.0 Å². The number of fused-ring (bicyclic) bond motifs is 1. The summed E-state index contributed by atoms with van der Waals surface area (Å²) < 4.78 is 32.0. The van der Waals surface area contributed by atoms with Gasteiger partial charge in [-0.25, -0.2) is 9.78 Å². The van der Waals surface area contributed by atoms with Gasteiger partial charge in [-0.2, -0.15) is 0 Å². The van der Waals surface area contributed by atoms with Crippen LogP contribution in [-0.4, -0.2) is 131 Å². The molecule has 23 heteroatoms. The van der Waals surface area contributed by atoms with Crippen LogP contribution in [0.4, 0.5) is 5.13 Å². The van der Waals surface area contributed by atoms with Gasteiger partial charge in [-0.15, -0.1) is 34.9 Å². The molecule has 4 aromatic rings. The van der Waals surface area contributed by atoms with Crippen molar-refractivity contribution >= 4 is 101 Å². The van der Waals surface area contributed by atoms with E-state index in [-0.39, 0.29) is 83.4 Å². The molecule has 3 atom stereocenters. The Labute approximate surface area is 429 Å². The highest BCUT2D eigenvalue weighted by molar-refractivity contribution is 8.20. The lowest BCUT2D eigenvalue weighted by Gasteiger charge is -2.42. The van der Waals surface area contributed by atoms with Crippen LogP contribution in [0.25, 0.3) is 0 Å². The highest BCUT2D eigenvalue weighted by Crippen LogP contribution is 2.57. The maximum Gasteiger partial charge on any atom is 0.378 e. The van der Waals surface area contributed by atoms with Gasteiger partial charge in [-0.1, -0.05) is 41.0 Å². The lowest BCUT2D eigenvalue weighted by atomic mass is 9.90. The molecule has 71 heavy (non-hydrogen) atoms. The summed E-state index contributed by atoms with van der Waals surface area (Å²) in [6, 6.07) is 18.1. The zero-order valence-electron chi connectivity index (χ0n) is 40.2. The van der Waals surface area contributed by atoms with Crippen molar-refractivity contribution in [2.45, 2.75) is 80.2 Å². The number of ether oxygens (including phenoxy) is 5. The Morgan fingerprint density at radius 3 is 2.10 bits per heavy atom. The molecular formula is C48H52BClN6O12S3. The number of β-lactam (4-membered cyclic amide) rings is 1. The minimum absolute atomic E-state index is 0.0583. The lowest BCUT2D eigenvalue weighted by Crippen LogP contribution is -2.58. The number of aliphatic imine (C=N–C) groups is 1. The van der Waals surface area contributed by atoms with Gasteiger partial charge in [-0.3, -0.25) is 24.2 Å². The molecule has 2 amide bonds. The Balaban J connectivity index is 1.03. The van der Waals surface area contributed by atoms with Crippen LogP contribution >= 0.6 is 46.5 Å². The smallest absolute Gasteiger partial charge is 0.378 e. The normalized spacial score (nSPS) is 19.3. The minimum Gasteiger partial charge on any atom is -0.542 e. The summed E-state index contributed by atoms with van der Waals surface area (Å²) in [6.07, 6.45) is -0.324. The predicted molar refractivity (Wildman–Crippen MR) is 271 cm³/mol. The van der Waals surface area contributed by atoms with Crippen molar-refractivity contribution in [2.75, 3.05) is 46.6 Å². The zero-order valence-corrected chi connectivity index (χ0v) is 43.4. The second kappa shape index (κ2) is 21.8. The molecule has 3 aliphatic rings. The number of Topliss-reactive ketones (excluding diaryl/α,β-unsaturated/α-hetero) is 1. The first-order valence-corrected chi connectivity index (χ1v) is 25.1. The molecule has 0 aliphatic carbocycles. The third kappa shape index (κ3) is 11.9. The quantitative estimate of drug-likeness (QED) is 0.0339. The first-order chi connectivity index (χ1) is 33.7. The van der Waals surface area contributed by atoms with Crippen LogP contribution in [0, 0.1) is 5.92 Å². The highest BCUT2D eigenvalue weighted by Gasteiger charge is 2.63. The Bertz CT molecular complexity index is 2730. The molecule has 3 saturated heterocycles. The van der Waals surface area contributed by atoms with E-state index in [0.717, 1.165) is 34.2 Å². The molecule has 3 fully saturated rings. The number of thioether (sulfide) groups is 2. The maximum absolute atomic E-state index is 14.2. The van der Waals surface area contributed by atoms with Crippen molar-refractivity contribution in [1.29, 1.82) is 0 Å². The number of nitrogens with zero attached hydrogens (tertiary/aromatic N) is 5. The number of thiazole rings is 1. The number of hydrogen-bond acceptors (Lipinski definition) is 19. The average Bonchev–Trinajstić information content (AvgIpc) is 3.92. The number of nitrogens with two attached hydrogens (primary N) is 1. The number of ketones is 1. The van der Waals surface area contributed by atoms with Gasteiger partial charge < -0.3 is 48.7 Å². The highest BCUT2D eigenvalue weighted by atomic mass is 35.5. The number of anilines is 1. The number of oxime groups is 1. The van der Waals surface area contributed by atoms with Crippen LogP contribution in [0.1, 0.15) is 63.4 Å². The maximum atomic E-state index is 14.2. The van der Waals surface area contributed by atoms with Crippen LogP contribution in [0.5, 0.6) is 23.0 Å². The summed E-state index contributed by atoms with van der Waals surface area (Å²) in [7, 11) is 10.2. The number of amides is 2. The summed E-state index contributed by atoms with van der Waals surface area (Å²) in [5.74, 6) is -1.79. The molecule has 3 aromatic carbocycles. The second-order valence-electron chi connectivity index (χ2n) is 18.0. The van der Waals surface area contributed by atoms with Crippen LogP contribution in [0.2, 0.25) is 5.02 Å². The molecule has 2 N–H and O–H groups in total. The molecular weight excluding hydrogens is 995 g/mol. The molecule has 2 radical (unpaired) electrons. The molecule has 18 nitrogen and oxygen atoms in total. The van der Waals surface area contributed by atoms with E-state index in [4.69, 9.17) is 58.6 Å². The Hall–Kier alpha value is -5.97. The summed E-state index contributed by atoms with van der Waals surface area (Å²) in [6.45, 7) is 8.68. The van der Waals surface area contributed by atoms with E-state index >= 15 is 0 Å². The van der Waals surface area contributed by atoms with Crippen molar-refractivity contribution in [3.63, 3.8) is 0 Å². The molecule has 7 rings (SSSR count). The van der Waals surface area contributed by atoms with Crippen LogP contribution < -0.4 is 24.7 Å². The number of methoxy groups -OCH3 is 2. The van der Waals surface area contributed by atoms with E-state index in [0.29, 0.717) is 22.8 Å². The number of halogens is 1. The molecule has 0 bridgehead atoms. The predicted octanol–water partition coefficient (Wildman–Crippen LogP) is 6.27. The van der Waals surface area contributed by atoms with Crippen molar-refractivity contribution in [3.8, 4) is 23.0 Å². The summed E-state index contributed by atoms with van der Waals surface area (Å²) in [5.41, 5.74) is 5.43. The van der Waals surface area contributed by atoms with Gasteiger partial charge in [-0.05, 0) is 82.1 Å². The zero-order chi connectivity index (χ0) is 51.4. The molecule has 4 heterocycles. The number of carbonyl (C=O) groups is 5. The lowest BCUT2D eigenvalue weighted by molar-refractivity contribution is -0.179. The van der Waals surface area contributed by atoms with Gasteiger partial charge in [0.1, 0.15) is 41.7 Å². The second-order valence-corrected chi connectivity index (χ2v) is 22.6. The first-order valence-electron chi connectivity index (χ1n) is 22.1. The first kappa shape index (κ1) is 52.8. The Morgan fingerprint density at radius 1 is 0.930 bits per heavy atom. The number of likely N-dealkylation sites (tertiary alicyclic amines) is 1. The number of rotatable bonds is 20. The van der Waals surface area contributed by atoms with Crippen LogP contribution in [-0.2, 0) is 51.4 Å². The fourth-order valence-electron chi connectivity index (χ4n) is 7.56. The Kier molecular flexibility index (Phi) is 16.2. The summed E-state index contributed by atoms with van der Waals surface area (Å²) >= 11 is 10.5. The van der Waals surface area contributed by atoms with Gasteiger partial charge in [0, 0.05) is 42.8 Å². The monoisotopic (exact) mass is 1050 g/mol. The van der Waals surface area contributed by atoms with Gasteiger partial charge in [0.2, 0.25) is 11.5 Å². The molecule has 374 valence electrons. The largest absolute Gasteiger partial charge is 0.542 e. The molecule has 0 saturated carbocycles. The van der Waals surface area contributed by atoms with Crippen LogP contribution in [0.3, 0.4) is 0 Å². The number of esters is 1. The van der Waals surface area contributed by atoms with Gasteiger partial charge in [0.15, 0.2) is 32.2 Å². The standard InChI is InChI=1S/C48H52BClN6O12S3/c1-46(2,3)66-43(60)47(4,5)68-54-38(33-24-69-45(51)53-33)34(57)19-32-40(58)56-25-48(44(61)67-49,71-42(32)56)70-30-20-55(21-30)41(59)37(52-6)31-17-18-35(64-22-26-9-13-28(62-7)14-10-26)39(36(31)50)65-23-27-11-15-29(63-8)16-12-27/h9-18,24,30,32,42H,19-23,25H2,1-8H3,(H2,51,53)/b52-37?,54-38-/t32-,42?,48-/m1/s1. The minimum atomic E-state index is -1.60. The van der Waals surface area contributed by atoms with Crippen molar-refractivity contribution in [3.05, 3.63) is 93.5 Å². The van der Waals surface area contributed by atoms with Crippen molar-refractivity contribution in [1.82, 2.24) is 14.8 Å². The third-order valence-electron chi connectivity index (χ3n) is 11.4. The van der Waals surface area contributed by atoms with Gasteiger partial charge in [0.05, 0.1) is 37.1 Å².